The van der Waals surface area contributed by atoms with E-state index in [4.69, 9.17) is 11.6 Å². The number of hydrogen-bond donors (Lipinski definition) is 1. The van der Waals surface area contributed by atoms with Gasteiger partial charge < -0.3 is 10.2 Å². The molecule has 2 aromatic rings. The van der Waals surface area contributed by atoms with Gasteiger partial charge >= 0.3 is 6.03 Å². The van der Waals surface area contributed by atoms with Crippen LogP contribution < -0.4 is 5.32 Å². The van der Waals surface area contributed by atoms with Crippen LogP contribution >= 0.6 is 23.4 Å². The molecule has 2 amide bonds. The molecule has 1 aliphatic heterocycles. The van der Waals surface area contributed by atoms with Crippen molar-refractivity contribution in [3.8, 4) is 0 Å². The Morgan fingerprint density at radius 1 is 1.27 bits per heavy atom. The number of carbonyl (C=O) groups is 1. The number of carbonyl (C=O) groups excluding carboxylic acids is 1. The summed E-state index contributed by atoms with van der Waals surface area (Å²) in [7, 11) is 0. The molecule has 114 valence electrons. The number of anilines is 1. The van der Waals surface area contributed by atoms with Gasteiger partial charge in [-0.15, -0.1) is 11.8 Å². The Morgan fingerprint density at radius 2 is 2.05 bits per heavy atom. The van der Waals surface area contributed by atoms with E-state index in [1.54, 1.807) is 28.8 Å². The number of thioether (sulfide) groups is 1. The summed E-state index contributed by atoms with van der Waals surface area (Å²) in [5, 5.41) is 3.36. The fraction of sp³-hybridized carbons (Fsp3) is 0.188. The van der Waals surface area contributed by atoms with Crippen LogP contribution in [-0.2, 0) is 0 Å². The van der Waals surface area contributed by atoms with Gasteiger partial charge in [0.05, 0.1) is 0 Å². The lowest BCUT2D eigenvalue weighted by molar-refractivity contribution is 0.214. The van der Waals surface area contributed by atoms with Crippen molar-refractivity contribution in [2.24, 2.45) is 0 Å². The third-order valence-electron chi connectivity index (χ3n) is 3.38. The van der Waals surface area contributed by atoms with Gasteiger partial charge in [0.2, 0.25) is 0 Å². The van der Waals surface area contributed by atoms with Crippen molar-refractivity contribution in [3.63, 3.8) is 0 Å². The molecule has 2 aromatic carbocycles. The molecule has 1 saturated heterocycles. The average molecular weight is 337 g/mol. The Labute approximate surface area is 137 Å². The summed E-state index contributed by atoms with van der Waals surface area (Å²) in [5.41, 5.74) is 1.48. The average Bonchev–Trinajstić information content (AvgIpc) is 2.97. The van der Waals surface area contributed by atoms with E-state index in [0.717, 1.165) is 11.3 Å². The van der Waals surface area contributed by atoms with Gasteiger partial charge in [-0.1, -0.05) is 29.8 Å². The number of amides is 2. The second-order valence-electron chi connectivity index (χ2n) is 4.91. The van der Waals surface area contributed by atoms with E-state index in [9.17, 15) is 9.18 Å². The van der Waals surface area contributed by atoms with E-state index in [-0.39, 0.29) is 17.2 Å². The van der Waals surface area contributed by atoms with Crippen LogP contribution in [0.25, 0.3) is 0 Å². The van der Waals surface area contributed by atoms with E-state index >= 15 is 0 Å². The third-order valence-corrected chi connectivity index (χ3v) is 4.90. The smallest absolute Gasteiger partial charge is 0.308 e. The minimum absolute atomic E-state index is 0.0502. The fourth-order valence-electron chi connectivity index (χ4n) is 2.34. The van der Waals surface area contributed by atoms with E-state index in [1.807, 2.05) is 24.3 Å². The molecule has 1 atom stereocenters. The summed E-state index contributed by atoms with van der Waals surface area (Å²) in [4.78, 5) is 14.2. The highest BCUT2D eigenvalue weighted by Gasteiger charge is 2.30. The van der Waals surface area contributed by atoms with Crippen molar-refractivity contribution < 1.29 is 9.18 Å². The van der Waals surface area contributed by atoms with Gasteiger partial charge in [-0.25, -0.2) is 9.18 Å². The molecule has 3 nitrogen and oxygen atoms in total. The van der Waals surface area contributed by atoms with Gasteiger partial charge in [0.15, 0.2) is 0 Å². The second-order valence-corrected chi connectivity index (χ2v) is 6.53. The van der Waals surface area contributed by atoms with Gasteiger partial charge in [0.25, 0.3) is 0 Å². The lowest BCUT2D eigenvalue weighted by Crippen LogP contribution is -2.34. The van der Waals surface area contributed by atoms with Crippen molar-refractivity contribution in [2.45, 2.75) is 5.37 Å². The molecule has 1 fully saturated rings. The molecule has 1 aliphatic rings. The van der Waals surface area contributed by atoms with Crippen LogP contribution in [0.2, 0.25) is 5.02 Å². The maximum absolute atomic E-state index is 13.2. The SMILES string of the molecule is O=C(Nc1cccc(F)c1)N1CCSC1c1ccc(Cl)cc1. The van der Waals surface area contributed by atoms with Crippen molar-refractivity contribution in [1.82, 2.24) is 4.90 Å². The molecule has 22 heavy (non-hydrogen) atoms. The summed E-state index contributed by atoms with van der Waals surface area (Å²) in [6.07, 6.45) is 0. The molecule has 6 heteroatoms. The number of nitrogens with one attached hydrogen (secondary N) is 1. The molecule has 1 N–H and O–H groups in total. The molecule has 0 aromatic heterocycles. The lowest BCUT2D eigenvalue weighted by atomic mass is 10.2. The van der Waals surface area contributed by atoms with Crippen molar-refractivity contribution in [2.75, 3.05) is 17.6 Å². The Hall–Kier alpha value is -1.72. The first kappa shape index (κ1) is 15.2. The molecular weight excluding hydrogens is 323 g/mol. The predicted molar refractivity (Wildman–Crippen MR) is 88.8 cm³/mol. The van der Waals surface area contributed by atoms with Crippen molar-refractivity contribution in [1.29, 1.82) is 0 Å². The number of hydrogen-bond acceptors (Lipinski definition) is 2. The van der Waals surface area contributed by atoms with Crippen LogP contribution in [0.4, 0.5) is 14.9 Å². The van der Waals surface area contributed by atoms with E-state index in [0.29, 0.717) is 17.3 Å². The molecule has 0 bridgehead atoms. The largest absolute Gasteiger partial charge is 0.323 e. The lowest BCUT2D eigenvalue weighted by Gasteiger charge is -2.24. The third kappa shape index (κ3) is 3.36. The molecule has 0 saturated carbocycles. The molecule has 1 heterocycles. The zero-order chi connectivity index (χ0) is 15.5. The summed E-state index contributed by atoms with van der Waals surface area (Å²) in [5.74, 6) is 0.493. The number of rotatable bonds is 2. The molecular formula is C16H14ClFN2OS. The molecule has 3 rings (SSSR count). The zero-order valence-corrected chi connectivity index (χ0v) is 13.2. The zero-order valence-electron chi connectivity index (χ0n) is 11.6. The molecule has 0 spiro atoms. The van der Waals surface area contributed by atoms with E-state index in [1.165, 1.54) is 12.1 Å². The number of halogens is 2. The number of urea groups is 1. The fourth-order valence-corrected chi connectivity index (χ4v) is 3.73. The van der Waals surface area contributed by atoms with Gasteiger partial charge in [-0.05, 0) is 35.9 Å². The van der Waals surface area contributed by atoms with Crippen LogP contribution in [-0.4, -0.2) is 23.2 Å². The molecule has 1 unspecified atom stereocenters. The predicted octanol–water partition coefficient (Wildman–Crippen LogP) is 4.76. The van der Waals surface area contributed by atoms with Crippen molar-refractivity contribution >= 4 is 35.1 Å². The molecule has 0 radical (unpaired) electrons. The van der Waals surface area contributed by atoms with Gasteiger partial charge in [-0.2, -0.15) is 0 Å². The molecule has 0 aliphatic carbocycles. The van der Waals surface area contributed by atoms with Crippen LogP contribution in [0.15, 0.2) is 48.5 Å². The minimum Gasteiger partial charge on any atom is -0.308 e. The second kappa shape index (κ2) is 6.58. The van der Waals surface area contributed by atoms with Gasteiger partial charge in [0, 0.05) is 23.0 Å². The highest BCUT2D eigenvalue weighted by Crippen LogP contribution is 2.38. The maximum atomic E-state index is 13.2. The number of nitrogens with zero attached hydrogens (tertiary/aromatic N) is 1. The summed E-state index contributed by atoms with van der Waals surface area (Å²) in [6.45, 7) is 0.652. The van der Waals surface area contributed by atoms with E-state index < -0.39 is 0 Å². The summed E-state index contributed by atoms with van der Waals surface area (Å²) in [6, 6.07) is 13.1. The Balaban J connectivity index is 1.75. The Bertz CT molecular complexity index is 680. The highest BCUT2D eigenvalue weighted by atomic mass is 35.5. The first-order valence-electron chi connectivity index (χ1n) is 6.84. The monoisotopic (exact) mass is 336 g/mol. The van der Waals surface area contributed by atoms with Gasteiger partial charge in [0.1, 0.15) is 11.2 Å². The standard InChI is InChI=1S/C16H14ClFN2OS/c17-12-6-4-11(5-7-12)15-20(8-9-22-15)16(21)19-14-3-1-2-13(18)10-14/h1-7,10,15H,8-9H2,(H,19,21). The first-order valence-corrected chi connectivity index (χ1v) is 8.26. The Morgan fingerprint density at radius 3 is 2.77 bits per heavy atom. The summed E-state index contributed by atoms with van der Waals surface area (Å²) >= 11 is 7.60. The number of benzene rings is 2. The maximum Gasteiger partial charge on any atom is 0.323 e. The van der Waals surface area contributed by atoms with E-state index in [2.05, 4.69) is 5.32 Å². The van der Waals surface area contributed by atoms with Gasteiger partial charge in [-0.3, -0.25) is 0 Å². The summed E-state index contributed by atoms with van der Waals surface area (Å²) < 4.78 is 13.2. The minimum atomic E-state index is -0.372. The quantitative estimate of drug-likeness (QED) is 0.857. The van der Waals surface area contributed by atoms with Crippen molar-refractivity contribution in [3.05, 3.63) is 64.9 Å². The normalized spacial score (nSPS) is 17.5. The van der Waals surface area contributed by atoms with Crippen LogP contribution in [0.1, 0.15) is 10.9 Å². The highest BCUT2D eigenvalue weighted by molar-refractivity contribution is 7.99. The van der Waals surface area contributed by atoms with Crippen LogP contribution in [0.5, 0.6) is 0 Å². The Kier molecular flexibility index (Phi) is 4.55. The van der Waals surface area contributed by atoms with Crippen LogP contribution in [0.3, 0.4) is 0 Å². The topological polar surface area (TPSA) is 32.3 Å². The first-order chi connectivity index (χ1) is 10.6. The van der Waals surface area contributed by atoms with Crippen LogP contribution in [0, 0.1) is 5.82 Å².